The van der Waals surface area contributed by atoms with Gasteiger partial charge in [-0.1, -0.05) is 39.7 Å². The summed E-state index contributed by atoms with van der Waals surface area (Å²) in [5.41, 5.74) is 1.10. The molecule has 0 aromatic heterocycles. The van der Waals surface area contributed by atoms with Crippen LogP contribution < -0.4 is 10.1 Å². The molecule has 2 aliphatic heterocycles. The Bertz CT molecular complexity index is 1370. The van der Waals surface area contributed by atoms with Crippen LogP contribution in [0.4, 0.5) is 8.78 Å². The maximum absolute atomic E-state index is 15.3. The number of carbonyl (C=O) groups is 2. The van der Waals surface area contributed by atoms with Crippen LogP contribution in [0.3, 0.4) is 0 Å². The number of nitrogens with zero attached hydrogens (tertiary/aromatic N) is 1. The number of halogens is 4. The summed E-state index contributed by atoms with van der Waals surface area (Å²) < 4.78 is 35.1. The van der Waals surface area contributed by atoms with Gasteiger partial charge in [0.1, 0.15) is 11.6 Å². The van der Waals surface area contributed by atoms with Crippen LogP contribution in [0.15, 0.2) is 53.0 Å². The van der Waals surface area contributed by atoms with E-state index in [4.69, 9.17) is 16.3 Å². The summed E-state index contributed by atoms with van der Waals surface area (Å²) >= 11 is 9.89. The van der Waals surface area contributed by atoms with Crippen molar-refractivity contribution in [2.75, 3.05) is 7.11 Å². The number of fused-ring (bicyclic) bond motifs is 3. The average molecular weight is 564 g/mol. The molecule has 0 spiro atoms. The maximum Gasteiger partial charge on any atom is 0.255 e. The normalized spacial score (nSPS) is 21.0. The number of nitrogens with one attached hydrogen (secondary N) is 1. The van der Waals surface area contributed by atoms with E-state index in [-0.39, 0.29) is 28.3 Å². The number of aliphatic hydroxyl groups excluding tert-OH is 1. The molecule has 180 valence electrons. The highest BCUT2D eigenvalue weighted by atomic mass is 79.9. The SMILES string of the molecule is COc1ccc(CN2C(=O)c3c4c(cc(Br)c3C2c2cc(F)ccc2Cl)C(=O)NC(O)C4F)cc1. The molecule has 2 heterocycles. The maximum atomic E-state index is 15.3. The molecule has 2 N–H and O–H groups in total. The third-order valence-electron chi connectivity index (χ3n) is 6.26. The van der Waals surface area contributed by atoms with Crippen molar-refractivity contribution in [2.24, 2.45) is 0 Å². The summed E-state index contributed by atoms with van der Waals surface area (Å²) in [5.74, 6) is -1.19. The molecular weight excluding hydrogens is 546 g/mol. The molecule has 0 aliphatic carbocycles. The Balaban J connectivity index is 1.73. The second-order valence-corrected chi connectivity index (χ2v) is 9.54. The monoisotopic (exact) mass is 562 g/mol. The number of hydrogen-bond donors (Lipinski definition) is 2. The number of alkyl halides is 1. The first-order chi connectivity index (χ1) is 16.7. The van der Waals surface area contributed by atoms with Crippen molar-refractivity contribution in [3.63, 3.8) is 0 Å². The van der Waals surface area contributed by atoms with Gasteiger partial charge >= 0.3 is 0 Å². The Morgan fingerprint density at radius 1 is 1.14 bits per heavy atom. The first-order valence-electron chi connectivity index (χ1n) is 10.6. The van der Waals surface area contributed by atoms with Crippen LogP contribution in [0.5, 0.6) is 5.75 Å². The van der Waals surface area contributed by atoms with Gasteiger partial charge in [0.25, 0.3) is 11.8 Å². The number of hydrogen-bond acceptors (Lipinski definition) is 4. The minimum atomic E-state index is -2.03. The van der Waals surface area contributed by atoms with Crippen LogP contribution in [0, 0.1) is 5.82 Å². The first kappa shape index (κ1) is 23.7. The largest absolute Gasteiger partial charge is 0.497 e. The van der Waals surface area contributed by atoms with Gasteiger partial charge < -0.3 is 20.1 Å². The van der Waals surface area contributed by atoms with Gasteiger partial charge in [-0.05, 0) is 42.0 Å². The van der Waals surface area contributed by atoms with Gasteiger partial charge in [0, 0.05) is 38.3 Å². The van der Waals surface area contributed by atoms with Crippen molar-refractivity contribution >= 4 is 39.3 Å². The van der Waals surface area contributed by atoms with Crippen molar-refractivity contribution in [3.05, 3.63) is 97.2 Å². The van der Waals surface area contributed by atoms with Crippen LogP contribution in [0.1, 0.15) is 55.2 Å². The molecular formula is C25H18BrClF2N2O4. The van der Waals surface area contributed by atoms with Gasteiger partial charge in [-0.3, -0.25) is 9.59 Å². The molecule has 35 heavy (non-hydrogen) atoms. The smallest absolute Gasteiger partial charge is 0.255 e. The summed E-state index contributed by atoms with van der Waals surface area (Å²) in [6.45, 7) is 0.0853. The van der Waals surface area contributed by atoms with Crippen molar-refractivity contribution in [1.82, 2.24) is 10.2 Å². The molecule has 0 saturated heterocycles. The topological polar surface area (TPSA) is 78.9 Å². The van der Waals surface area contributed by atoms with E-state index >= 15 is 4.39 Å². The zero-order valence-electron chi connectivity index (χ0n) is 18.2. The number of carbonyl (C=O) groups excluding carboxylic acids is 2. The van der Waals surface area contributed by atoms with E-state index in [1.165, 1.54) is 36.3 Å². The van der Waals surface area contributed by atoms with Crippen LogP contribution >= 0.6 is 27.5 Å². The van der Waals surface area contributed by atoms with Crippen LogP contribution in [-0.4, -0.2) is 35.2 Å². The Labute approximate surface area is 212 Å². The van der Waals surface area contributed by atoms with Crippen LogP contribution in [0.2, 0.25) is 5.02 Å². The van der Waals surface area contributed by atoms with Gasteiger partial charge in [-0.2, -0.15) is 0 Å². The summed E-state index contributed by atoms with van der Waals surface area (Å²) in [6, 6.07) is 11.4. The number of ether oxygens (including phenoxy) is 1. The lowest BCUT2D eigenvalue weighted by Gasteiger charge is -2.28. The average Bonchev–Trinajstić information content (AvgIpc) is 3.12. The fourth-order valence-corrected chi connectivity index (χ4v) is 5.52. The molecule has 3 aromatic rings. The van der Waals surface area contributed by atoms with Crippen molar-refractivity contribution in [3.8, 4) is 5.75 Å². The summed E-state index contributed by atoms with van der Waals surface area (Å²) in [4.78, 5) is 27.8. The predicted octanol–water partition coefficient (Wildman–Crippen LogP) is 5.07. The number of rotatable bonds is 4. The fraction of sp³-hybridized carbons (Fsp3) is 0.200. The second-order valence-electron chi connectivity index (χ2n) is 8.28. The number of methoxy groups -OCH3 is 1. The summed E-state index contributed by atoms with van der Waals surface area (Å²) in [6.07, 6.45) is -3.84. The lowest BCUT2D eigenvalue weighted by Crippen LogP contribution is -2.43. The molecule has 10 heteroatoms. The van der Waals surface area contributed by atoms with Gasteiger partial charge in [0.2, 0.25) is 0 Å². The van der Waals surface area contributed by atoms with Crippen LogP contribution in [0.25, 0.3) is 0 Å². The molecule has 3 unspecified atom stereocenters. The molecule has 2 aliphatic rings. The zero-order valence-corrected chi connectivity index (χ0v) is 20.5. The Kier molecular flexibility index (Phi) is 6.03. The van der Waals surface area contributed by atoms with Gasteiger partial charge in [-0.15, -0.1) is 0 Å². The van der Waals surface area contributed by atoms with E-state index in [2.05, 4.69) is 21.2 Å². The number of benzene rings is 3. The first-order valence-corrected chi connectivity index (χ1v) is 11.8. The standard InChI is InChI=1S/C25H18BrClF2N2O4/c1-35-13-5-2-11(3-6-13)10-31-22(14-8-12(28)4-7-17(14)27)19-16(26)9-15-18(20(19)25(31)34)21(29)24(33)30-23(15)32/h2-9,21-22,24,33H,10H2,1H3,(H,30,32). The molecule has 0 fully saturated rings. The highest BCUT2D eigenvalue weighted by Crippen LogP contribution is 2.49. The Morgan fingerprint density at radius 2 is 1.86 bits per heavy atom. The van der Waals surface area contributed by atoms with Crippen molar-refractivity contribution < 1.29 is 28.2 Å². The second kappa shape index (κ2) is 8.89. The molecule has 5 rings (SSSR count). The molecule has 0 radical (unpaired) electrons. The molecule has 3 aromatic carbocycles. The third kappa shape index (κ3) is 3.87. The van der Waals surface area contributed by atoms with E-state index < -0.39 is 36.1 Å². The van der Waals surface area contributed by atoms with E-state index in [1.807, 2.05) is 0 Å². The van der Waals surface area contributed by atoms with E-state index in [9.17, 15) is 19.1 Å². The van der Waals surface area contributed by atoms with Crippen molar-refractivity contribution in [2.45, 2.75) is 25.0 Å². The quantitative estimate of drug-likeness (QED) is 0.465. The molecule has 6 nitrogen and oxygen atoms in total. The number of amides is 2. The Morgan fingerprint density at radius 3 is 2.54 bits per heavy atom. The lowest BCUT2D eigenvalue weighted by molar-refractivity contribution is 0.0345. The Hall–Kier alpha value is -3.01. The molecule has 0 bridgehead atoms. The van der Waals surface area contributed by atoms with Gasteiger partial charge in [0.15, 0.2) is 12.4 Å². The predicted molar refractivity (Wildman–Crippen MR) is 128 cm³/mol. The minimum Gasteiger partial charge on any atom is -0.497 e. The van der Waals surface area contributed by atoms with Crippen LogP contribution in [-0.2, 0) is 6.54 Å². The zero-order chi connectivity index (χ0) is 25.0. The minimum absolute atomic E-state index is 0.0467. The highest BCUT2D eigenvalue weighted by molar-refractivity contribution is 9.10. The van der Waals surface area contributed by atoms with E-state index in [0.29, 0.717) is 21.3 Å². The molecule has 2 amide bonds. The summed E-state index contributed by atoms with van der Waals surface area (Å²) in [5, 5.41) is 12.4. The molecule has 0 saturated carbocycles. The van der Waals surface area contributed by atoms with Gasteiger partial charge in [-0.25, -0.2) is 8.78 Å². The fourth-order valence-electron chi connectivity index (χ4n) is 4.65. The molecule has 3 atom stereocenters. The lowest BCUT2D eigenvalue weighted by atomic mass is 9.87. The summed E-state index contributed by atoms with van der Waals surface area (Å²) in [7, 11) is 1.54. The van der Waals surface area contributed by atoms with E-state index in [0.717, 1.165) is 5.56 Å². The van der Waals surface area contributed by atoms with Gasteiger partial charge in [0.05, 0.1) is 18.7 Å². The number of aliphatic hydroxyl groups is 1. The highest BCUT2D eigenvalue weighted by Gasteiger charge is 2.47. The van der Waals surface area contributed by atoms with Crippen molar-refractivity contribution in [1.29, 1.82) is 0 Å². The third-order valence-corrected chi connectivity index (χ3v) is 7.26. The van der Waals surface area contributed by atoms with E-state index in [1.54, 1.807) is 24.3 Å².